The van der Waals surface area contributed by atoms with E-state index in [4.69, 9.17) is 5.11 Å². The molecule has 1 rings (SSSR count). The first-order valence-electron chi connectivity index (χ1n) is 4.11. The zero-order chi connectivity index (χ0) is 8.10. The number of phenols is 1. The molecule has 0 radical (unpaired) electrons. The molecule has 0 aromatic heterocycles. The molecular formula is C10H16Cl2OTi. The number of aromatic hydroxyl groups is 1. The van der Waals surface area contributed by atoms with E-state index in [2.05, 4.69) is 13.0 Å². The van der Waals surface area contributed by atoms with Crippen LogP contribution in [0.2, 0.25) is 0 Å². The number of benzene rings is 1. The van der Waals surface area contributed by atoms with Crippen molar-refractivity contribution in [1.82, 2.24) is 0 Å². The fourth-order valence-corrected chi connectivity index (χ4v) is 1.09. The largest absolute Gasteiger partial charge is 0.508 e. The van der Waals surface area contributed by atoms with E-state index in [-0.39, 0.29) is 46.5 Å². The van der Waals surface area contributed by atoms with Crippen LogP contribution in [0.4, 0.5) is 0 Å². The molecule has 0 aliphatic rings. The Balaban J connectivity index is -0.000000403. The Kier molecular flexibility index (Phi) is 16.1. The third kappa shape index (κ3) is 7.69. The second-order valence-electron chi connectivity index (χ2n) is 2.77. The Labute approximate surface area is 113 Å². The van der Waals surface area contributed by atoms with Gasteiger partial charge in [-0.2, -0.15) is 0 Å². The topological polar surface area (TPSA) is 20.2 Å². The maximum absolute atomic E-state index is 9.11. The number of rotatable bonds is 3. The van der Waals surface area contributed by atoms with E-state index in [9.17, 15) is 0 Å². The van der Waals surface area contributed by atoms with Crippen LogP contribution >= 0.6 is 24.8 Å². The molecule has 0 fully saturated rings. The van der Waals surface area contributed by atoms with Gasteiger partial charge in [-0.3, -0.25) is 0 Å². The molecule has 0 heterocycles. The summed E-state index contributed by atoms with van der Waals surface area (Å²) < 4.78 is 0. The summed E-state index contributed by atoms with van der Waals surface area (Å²) in [5.74, 6) is 0.374. The molecule has 0 aliphatic carbocycles. The van der Waals surface area contributed by atoms with E-state index in [1.165, 1.54) is 18.4 Å². The molecule has 0 bridgehead atoms. The summed E-state index contributed by atoms with van der Waals surface area (Å²) in [6.07, 6.45) is 3.48. The molecule has 0 spiro atoms. The number of phenolic OH excluding ortho intramolecular Hbond substituents is 1. The molecule has 0 aliphatic heterocycles. The van der Waals surface area contributed by atoms with Gasteiger partial charge in [0, 0.05) is 21.7 Å². The summed E-state index contributed by atoms with van der Waals surface area (Å²) >= 11 is 0. The minimum atomic E-state index is 0. The molecule has 1 aromatic carbocycles. The molecular weight excluding hydrogens is 255 g/mol. The number of aryl methyl sites for hydroxylation is 1. The second kappa shape index (κ2) is 11.4. The van der Waals surface area contributed by atoms with Crippen molar-refractivity contribution in [3.63, 3.8) is 0 Å². The Morgan fingerprint density at radius 2 is 1.86 bits per heavy atom. The molecule has 1 aromatic rings. The van der Waals surface area contributed by atoms with E-state index >= 15 is 0 Å². The Morgan fingerprint density at radius 1 is 1.21 bits per heavy atom. The molecule has 14 heavy (non-hydrogen) atoms. The van der Waals surface area contributed by atoms with Gasteiger partial charge < -0.3 is 5.11 Å². The normalized spacial score (nSPS) is 7.79. The third-order valence-corrected chi connectivity index (χ3v) is 1.73. The van der Waals surface area contributed by atoms with E-state index in [0.29, 0.717) is 5.75 Å². The van der Waals surface area contributed by atoms with Crippen molar-refractivity contribution >= 4 is 24.8 Å². The molecule has 0 atom stereocenters. The van der Waals surface area contributed by atoms with Gasteiger partial charge in [0.1, 0.15) is 5.75 Å². The van der Waals surface area contributed by atoms with Crippen LogP contribution in [-0.4, -0.2) is 5.11 Å². The van der Waals surface area contributed by atoms with Gasteiger partial charge in [-0.15, -0.1) is 24.8 Å². The molecule has 0 saturated heterocycles. The molecule has 0 unspecified atom stereocenters. The monoisotopic (exact) mass is 270 g/mol. The van der Waals surface area contributed by atoms with Gasteiger partial charge >= 0.3 is 0 Å². The summed E-state index contributed by atoms with van der Waals surface area (Å²) in [5.41, 5.74) is 1.23. The molecule has 80 valence electrons. The Bertz CT molecular complexity index is 231. The smallest absolute Gasteiger partial charge is 0.115 e. The van der Waals surface area contributed by atoms with Crippen molar-refractivity contribution in [3.8, 4) is 5.75 Å². The van der Waals surface area contributed by atoms with E-state index < -0.39 is 0 Å². The summed E-state index contributed by atoms with van der Waals surface area (Å²) in [5, 5.41) is 9.11. The average molecular weight is 271 g/mol. The zero-order valence-electron chi connectivity index (χ0n) is 8.19. The first kappa shape index (κ1) is 19.8. The fraction of sp³-hybridized carbons (Fsp3) is 0.400. The van der Waals surface area contributed by atoms with Crippen LogP contribution in [0, 0.1) is 0 Å². The standard InChI is InChI=1S/C10H14O.2ClH.Ti/c1-2-3-5-9-6-4-7-10(11)8-9;;;/h4,6-8,11H,2-3,5H2,1H3;2*1H;. The summed E-state index contributed by atoms with van der Waals surface area (Å²) in [6.45, 7) is 2.17. The van der Waals surface area contributed by atoms with Crippen LogP contribution in [0.15, 0.2) is 24.3 Å². The van der Waals surface area contributed by atoms with Gasteiger partial charge in [-0.05, 0) is 30.5 Å². The van der Waals surface area contributed by atoms with Crippen molar-refractivity contribution in [2.75, 3.05) is 0 Å². The maximum Gasteiger partial charge on any atom is 0.115 e. The van der Waals surface area contributed by atoms with Crippen LogP contribution in [0.5, 0.6) is 5.75 Å². The molecule has 1 nitrogen and oxygen atoms in total. The van der Waals surface area contributed by atoms with Gasteiger partial charge in [0.05, 0.1) is 0 Å². The Morgan fingerprint density at radius 3 is 2.36 bits per heavy atom. The Hall–Kier alpha value is 0.314. The van der Waals surface area contributed by atoms with Crippen LogP contribution in [0.3, 0.4) is 0 Å². The van der Waals surface area contributed by atoms with Gasteiger partial charge in [0.15, 0.2) is 0 Å². The quantitative estimate of drug-likeness (QED) is 0.833. The van der Waals surface area contributed by atoms with Gasteiger partial charge in [-0.1, -0.05) is 25.5 Å². The maximum atomic E-state index is 9.11. The minimum absolute atomic E-state index is 0. The van der Waals surface area contributed by atoms with Gasteiger partial charge in [0.2, 0.25) is 0 Å². The first-order valence-corrected chi connectivity index (χ1v) is 4.11. The van der Waals surface area contributed by atoms with Crippen molar-refractivity contribution in [2.24, 2.45) is 0 Å². The summed E-state index contributed by atoms with van der Waals surface area (Å²) in [7, 11) is 0. The summed E-state index contributed by atoms with van der Waals surface area (Å²) in [6, 6.07) is 7.47. The van der Waals surface area contributed by atoms with Crippen molar-refractivity contribution in [3.05, 3.63) is 29.8 Å². The van der Waals surface area contributed by atoms with Crippen molar-refractivity contribution in [1.29, 1.82) is 0 Å². The van der Waals surface area contributed by atoms with Crippen molar-refractivity contribution in [2.45, 2.75) is 26.2 Å². The third-order valence-electron chi connectivity index (χ3n) is 1.73. The number of unbranched alkanes of at least 4 members (excludes halogenated alkanes) is 1. The predicted molar refractivity (Wildman–Crippen MR) is 61.2 cm³/mol. The van der Waals surface area contributed by atoms with Crippen LogP contribution in [-0.2, 0) is 28.1 Å². The zero-order valence-corrected chi connectivity index (χ0v) is 11.4. The van der Waals surface area contributed by atoms with E-state index in [1.54, 1.807) is 6.07 Å². The molecule has 1 N–H and O–H groups in total. The van der Waals surface area contributed by atoms with Crippen LogP contribution in [0.25, 0.3) is 0 Å². The predicted octanol–water partition coefficient (Wildman–Crippen LogP) is 3.58. The van der Waals surface area contributed by atoms with Gasteiger partial charge in [-0.25, -0.2) is 0 Å². The molecule has 4 heteroatoms. The molecule has 0 saturated carbocycles. The van der Waals surface area contributed by atoms with E-state index in [0.717, 1.165) is 6.42 Å². The van der Waals surface area contributed by atoms with Crippen LogP contribution in [0.1, 0.15) is 25.3 Å². The van der Waals surface area contributed by atoms with E-state index in [1.807, 2.05) is 12.1 Å². The first-order chi connectivity index (χ1) is 5.33. The average Bonchev–Trinajstić information content (AvgIpc) is 2.01. The number of hydrogen-bond acceptors (Lipinski definition) is 1. The molecule has 0 amide bonds. The SMILES string of the molecule is CCCCc1cccc(O)c1.Cl.Cl.[Ti]. The number of halogens is 2. The van der Waals surface area contributed by atoms with Crippen LogP contribution < -0.4 is 0 Å². The second-order valence-corrected chi connectivity index (χ2v) is 2.77. The minimum Gasteiger partial charge on any atom is -0.508 e. The summed E-state index contributed by atoms with van der Waals surface area (Å²) in [4.78, 5) is 0. The fourth-order valence-electron chi connectivity index (χ4n) is 1.09. The number of hydrogen-bond donors (Lipinski definition) is 1. The van der Waals surface area contributed by atoms with Gasteiger partial charge in [0.25, 0.3) is 0 Å². The van der Waals surface area contributed by atoms with Crippen molar-refractivity contribution < 1.29 is 26.8 Å².